The van der Waals surface area contributed by atoms with Gasteiger partial charge in [0.15, 0.2) is 0 Å². The molecule has 0 bridgehead atoms. The fourth-order valence-electron chi connectivity index (χ4n) is 1.41. The van der Waals surface area contributed by atoms with E-state index in [4.69, 9.17) is 4.74 Å². The molecule has 0 aliphatic rings. The molecule has 0 saturated heterocycles. The number of benzene rings is 1. The molecular weight excluding hydrogens is 300 g/mol. The standard InChI is InChI=1S/C14H15F2NO5/c1-20-13(18)7-11(14(19)21-2)17-9-4-3-5-10(6-9)22-8-12(15)16/h3-7,12,17H,8H2,1-2H3/b11-7+. The van der Waals surface area contributed by atoms with Crippen LogP contribution in [0.5, 0.6) is 5.75 Å². The number of halogens is 2. The van der Waals surface area contributed by atoms with E-state index in [0.717, 1.165) is 20.3 Å². The molecule has 8 heteroatoms. The Bertz CT molecular complexity index is 560. The quantitative estimate of drug-likeness (QED) is 0.612. The number of carbonyl (C=O) groups is 2. The van der Waals surface area contributed by atoms with E-state index in [2.05, 4.69) is 14.8 Å². The molecule has 1 rings (SSSR count). The molecule has 0 fully saturated rings. The molecule has 0 heterocycles. The van der Waals surface area contributed by atoms with Crippen molar-refractivity contribution in [1.29, 1.82) is 0 Å². The van der Waals surface area contributed by atoms with Crippen molar-refractivity contribution in [3.05, 3.63) is 36.0 Å². The van der Waals surface area contributed by atoms with Gasteiger partial charge < -0.3 is 19.5 Å². The highest BCUT2D eigenvalue weighted by Crippen LogP contribution is 2.19. The molecule has 0 amide bonds. The first-order chi connectivity index (χ1) is 10.5. The van der Waals surface area contributed by atoms with Crippen molar-refractivity contribution in [3.63, 3.8) is 0 Å². The fraction of sp³-hybridized carbons (Fsp3) is 0.286. The zero-order valence-corrected chi connectivity index (χ0v) is 12.0. The molecule has 0 aliphatic heterocycles. The number of alkyl halides is 2. The number of anilines is 1. The van der Waals surface area contributed by atoms with Crippen LogP contribution < -0.4 is 10.1 Å². The van der Waals surface area contributed by atoms with Gasteiger partial charge in [-0.2, -0.15) is 0 Å². The molecule has 0 radical (unpaired) electrons. The summed E-state index contributed by atoms with van der Waals surface area (Å²) in [4.78, 5) is 22.8. The van der Waals surface area contributed by atoms with E-state index < -0.39 is 25.0 Å². The predicted molar refractivity (Wildman–Crippen MR) is 73.7 cm³/mol. The molecule has 0 unspecified atom stereocenters. The third-order valence-electron chi connectivity index (χ3n) is 2.36. The minimum absolute atomic E-state index is 0.166. The molecule has 0 spiro atoms. The van der Waals surface area contributed by atoms with Gasteiger partial charge in [-0.1, -0.05) is 6.07 Å². The minimum Gasteiger partial charge on any atom is -0.488 e. The van der Waals surface area contributed by atoms with E-state index in [1.54, 1.807) is 6.07 Å². The lowest BCUT2D eigenvalue weighted by Crippen LogP contribution is -2.15. The van der Waals surface area contributed by atoms with Crippen molar-refractivity contribution < 1.29 is 32.6 Å². The van der Waals surface area contributed by atoms with Gasteiger partial charge in [0.05, 0.1) is 20.3 Å². The van der Waals surface area contributed by atoms with Crippen molar-refractivity contribution >= 4 is 17.6 Å². The minimum atomic E-state index is -2.60. The zero-order chi connectivity index (χ0) is 16.5. The number of rotatable bonds is 7. The zero-order valence-electron chi connectivity index (χ0n) is 12.0. The van der Waals surface area contributed by atoms with Crippen LogP contribution in [-0.2, 0) is 19.1 Å². The number of hydrogen-bond donors (Lipinski definition) is 1. The molecule has 6 nitrogen and oxygen atoms in total. The maximum atomic E-state index is 12.1. The Hall–Kier alpha value is -2.64. The third-order valence-corrected chi connectivity index (χ3v) is 2.36. The summed E-state index contributed by atoms with van der Waals surface area (Å²) in [5.41, 5.74) is 0.188. The van der Waals surface area contributed by atoms with Gasteiger partial charge in [0.25, 0.3) is 6.43 Å². The highest BCUT2D eigenvalue weighted by Gasteiger charge is 2.13. The van der Waals surface area contributed by atoms with Gasteiger partial charge in [-0.3, -0.25) is 0 Å². The van der Waals surface area contributed by atoms with Gasteiger partial charge in [0.1, 0.15) is 18.1 Å². The maximum Gasteiger partial charge on any atom is 0.354 e. The molecule has 0 saturated carbocycles. The second-order valence-corrected chi connectivity index (χ2v) is 3.93. The number of methoxy groups -OCH3 is 2. The normalized spacial score (nSPS) is 11.0. The summed E-state index contributed by atoms with van der Waals surface area (Å²) in [6.45, 7) is -0.745. The molecule has 120 valence electrons. The largest absolute Gasteiger partial charge is 0.488 e. The molecule has 22 heavy (non-hydrogen) atoms. The van der Waals surface area contributed by atoms with Crippen molar-refractivity contribution in [3.8, 4) is 5.75 Å². The Kier molecular flexibility index (Phi) is 6.81. The van der Waals surface area contributed by atoms with Crippen molar-refractivity contribution in [2.75, 3.05) is 26.1 Å². The summed E-state index contributed by atoms with van der Waals surface area (Å²) < 4.78 is 38.0. The van der Waals surface area contributed by atoms with Crippen LogP contribution in [0, 0.1) is 0 Å². The second kappa shape index (κ2) is 8.60. The average molecular weight is 315 g/mol. The molecular formula is C14H15F2NO5. The Labute approximate surface area is 125 Å². The topological polar surface area (TPSA) is 73.9 Å². The van der Waals surface area contributed by atoms with Crippen LogP contribution >= 0.6 is 0 Å². The van der Waals surface area contributed by atoms with Gasteiger partial charge in [-0.05, 0) is 12.1 Å². The number of carbonyl (C=O) groups excluding carboxylic acids is 2. The van der Waals surface area contributed by atoms with Crippen molar-refractivity contribution in [2.24, 2.45) is 0 Å². The SMILES string of the molecule is COC(=O)/C=C(/Nc1cccc(OCC(F)F)c1)C(=O)OC. The van der Waals surface area contributed by atoms with Gasteiger partial charge in [-0.15, -0.1) is 0 Å². The van der Waals surface area contributed by atoms with Gasteiger partial charge in [0.2, 0.25) is 0 Å². The van der Waals surface area contributed by atoms with Crippen LogP contribution in [0.15, 0.2) is 36.0 Å². The first-order valence-corrected chi connectivity index (χ1v) is 6.12. The molecule has 0 aromatic heterocycles. The van der Waals surface area contributed by atoms with E-state index in [-0.39, 0.29) is 11.4 Å². The summed E-state index contributed by atoms with van der Waals surface area (Å²) in [6, 6.07) is 5.98. The summed E-state index contributed by atoms with van der Waals surface area (Å²) >= 11 is 0. The van der Waals surface area contributed by atoms with Crippen LogP contribution in [0.3, 0.4) is 0 Å². The maximum absolute atomic E-state index is 12.1. The van der Waals surface area contributed by atoms with Crippen LogP contribution in [0.1, 0.15) is 0 Å². The van der Waals surface area contributed by atoms with Crippen LogP contribution in [-0.4, -0.2) is 39.2 Å². The number of hydrogen-bond acceptors (Lipinski definition) is 6. The van der Waals surface area contributed by atoms with Gasteiger partial charge in [-0.25, -0.2) is 18.4 Å². The highest BCUT2D eigenvalue weighted by atomic mass is 19.3. The highest BCUT2D eigenvalue weighted by molar-refractivity contribution is 5.98. The summed E-state index contributed by atoms with van der Waals surface area (Å²) in [6.07, 6.45) is -1.68. The van der Waals surface area contributed by atoms with E-state index in [0.29, 0.717) is 5.69 Å². The Morgan fingerprint density at radius 1 is 1.27 bits per heavy atom. The summed E-state index contributed by atoms with van der Waals surface area (Å²) in [7, 11) is 2.31. The van der Waals surface area contributed by atoms with Crippen LogP contribution in [0.2, 0.25) is 0 Å². The van der Waals surface area contributed by atoms with Gasteiger partial charge in [0, 0.05) is 11.8 Å². The number of esters is 2. The number of nitrogens with one attached hydrogen (secondary N) is 1. The van der Waals surface area contributed by atoms with E-state index in [1.807, 2.05) is 0 Å². The predicted octanol–water partition coefficient (Wildman–Crippen LogP) is 1.97. The number of ether oxygens (including phenoxy) is 3. The Morgan fingerprint density at radius 3 is 2.59 bits per heavy atom. The molecule has 1 N–H and O–H groups in total. The molecule has 0 atom stereocenters. The summed E-state index contributed by atoms with van der Waals surface area (Å²) in [5.74, 6) is -1.35. The lowest BCUT2D eigenvalue weighted by atomic mass is 10.2. The molecule has 1 aromatic carbocycles. The smallest absolute Gasteiger partial charge is 0.354 e. The lowest BCUT2D eigenvalue weighted by molar-refractivity contribution is -0.138. The lowest BCUT2D eigenvalue weighted by Gasteiger charge is -2.11. The molecule has 0 aliphatic carbocycles. The van der Waals surface area contributed by atoms with Crippen molar-refractivity contribution in [2.45, 2.75) is 6.43 Å². The van der Waals surface area contributed by atoms with Gasteiger partial charge >= 0.3 is 11.9 Å². The van der Waals surface area contributed by atoms with Crippen LogP contribution in [0.25, 0.3) is 0 Å². The first kappa shape index (κ1) is 17.4. The van der Waals surface area contributed by atoms with E-state index >= 15 is 0 Å². The summed E-state index contributed by atoms with van der Waals surface area (Å²) in [5, 5.41) is 2.64. The van der Waals surface area contributed by atoms with E-state index in [1.165, 1.54) is 18.2 Å². The second-order valence-electron chi connectivity index (χ2n) is 3.93. The Balaban J connectivity index is 2.89. The third kappa shape index (κ3) is 5.78. The monoisotopic (exact) mass is 315 g/mol. The average Bonchev–Trinajstić information content (AvgIpc) is 2.51. The molecule has 1 aromatic rings. The Morgan fingerprint density at radius 2 is 2.00 bits per heavy atom. The first-order valence-electron chi connectivity index (χ1n) is 6.12. The fourth-order valence-corrected chi connectivity index (χ4v) is 1.41. The van der Waals surface area contributed by atoms with Crippen LogP contribution in [0.4, 0.5) is 14.5 Å². The van der Waals surface area contributed by atoms with Crippen molar-refractivity contribution in [1.82, 2.24) is 0 Å². The van der Waals surface area contributed by atoms with E-state index in [9.17, 15) is 18.4 Å².